The normalized spacial score (nSPS) is 13.5. The highest BCUT2D eigenvalue weighted by Gasteiger charge is 2.32. The molecule has 1 N–H and O–H groups in total. The minimum absolute atomic E-state index is 0.0630. The molecule has 332 valence electrons. The molecule has 0 saturated heterocycles. The van der Waals surface area contributed by atoms with Crippen LogP contribution in [0.15, 0.2) is 0 Å². The summed E-state index contributed by atoms with van der Waals surface area (Å²) in [6.07, 6.45) is 42.3. The quantitative estimate of drug-likeness (QED) is 0.0375. The van der Waals surface area contributed by atoms with Crippen LogP contribution in [0.4, 0.5) is 0 Å². The van der Waals surface area contributed by atoms with Gasteiger partial charge in [-0.1, -0.05) is 207 Å². The standard InChI is InChI=1S/C47H98NO6P/c1-7-10-13-16-18-20-22-24-26-28-30-32-34-37-41-51-44-47(4,46-54-55(49,50)53-43-40-48(5,6)39-36-15-12-9-3)45-52-42-38-35-33-31-29-27-25-23-21-19-17-14-11-8-2/h7-46H2,1-6H3/p+1. The molecule has 0 spiro atoms. The molecule has 1 unspecified atom stereocenters. The van der Waals surface area contributed by atoms with Gasteiger partial charge in [-0.2, -0.15) is 0 Å². The fourth-order valence-electron chi connectivity index (χ4n) is 7.32. The number of hydrogen-bond acceptors (Lipinski definition) is 5. The van der Waals surface area contributed by atoms with E-state index in [4.69, 9.17) is 18.5 Å². The lowest BCUT2D eigenvalue weighted by Crippen LogP contribution is -2.43. The Kier molecular flexibility index (Phi) is 39.4. The van der Waals surface area contributed by atoms with Crippen LogP contribution in [0.25, 0.3) is 0 Å². The molecule has 0 aliphatic rings. The lowest BCUT2D eigenvalue weighted by atomic mass is 9.94. The van der Waals surface area contributed by atoms with E-state index in [0.29, 0.717) is 33.0 Å². The smallest absolute Gasteiger partial charge is 0.381 e. The van der Waals surface area contributed by atoms with E-state index < -0.39 is 13.2 Å². The van der Waals surface area contributed by atoms with Crippen LogP contribution in [0.5, 0.6) is 0 Å². The van der Waals surface area contributed by atoms with E-state index in [1.807, 2.05) is 6.92 Å². The third-order valence-electron chi connectivity index (χ3n) is 11.3. The Morgan fingerprint density at radius 1 is 0.418 bits per heavy atom. The summed E-state index contributed by atoms with van der Waals surface area (Å²) in [5.41, 5.74) is -0.525. The van der Waals surface area contributed by atoms with Gasteiger partial charge in [0.25, 0.3) is 0 Å². The number of rotatable bonds is 46. The van der Waals surface area contributed by atoms with Gasteiger partial charge in [0, 0.05) is 18.6 Å². The molecule has 0 amide bonds. The Morgan fingerprint density at radius 2 is 0.727 bits per heavy atom. The molecule has 0 bridgehead atoms. The summed E-state index contributed by atoms with van der Waals surface area (Å²) < 4.78 is 37.0. The zero-order chi connectivity index (χ0) is 40.6. The first kappa shape index (κ1) is 55.0. The van der Waals surface area contributed by atoms with Crippen LogP contribution < -0.4 is 0 Å². The van der Waals surface area contributed by atoms with Crippen molar-refractivity contribution in [2.45, 2.75) is 233 Å². The lowest BCUT2D eigenvalue weighted by molar-refractivity contribution is -0.890. The van der Waals surface area contributed by atoms with Gasteiger partial charge < -0.3 is 18.9 Å². The molecule has 0 aliphatic heterocycles. The number of phosphoric acid groups is 1. The third kappa shape index (κ3) is 40.6. The topological polar surface area (TPSA) is 74.2 Å². The summed E-state index contributed by atoms with van der Waals surface area (Å²) in [5.74, 6) is 0. The van der Waals surface area contributed by atoms with E-state index in [1.54, 1.807) is 0 Å². The molecule has 8 heteroatoms. The fraction of sp³-hybridized carbons (Fsp3) is 1.00. The van der Waals surface area contributed by atoms with Crippen molar-refractivity contribution in [2.24, 2.45) is 5.41 Å². The maximum Gasteiger partial charge on any atom is 0.472 e. The SMILES string of the molecule is CCCCCCCCCCCCCCCCOCC(C)(COCCCCCCCCCCCCCCCC)COP(=O)(O)OCC[N+](C)(C)CCCCCC. The van der Waals surface area contributed by atoms with Crippen molar-refractivity contribution in [2.75, 3.05) is 66.8 Å². The van der Waals surface area contributed by atoms with E-state index in [2.05, 4.69) is 34.9 Å². The third-order valence-corrected chi connectivity index (χ3v) is 12.3. The number of hydrogen-bond donors (Lipinski definition) is 1. The molecule has 0 saturated carbocycles. The molecule has 7 nitrogen and oxygen atoms in total. The van der Waals surface area contributed by atoms with Crippen molar-refractivity contribution in [3.05, 3.63) is 0 Å². The van der Waals surface area contributed by atoms with Crippen LogP contribution in [0.3, 0.4) is 0 Å². The van der Waals surface area contributed by atoms with Crippen LogP contribution in [-0.4, -0.2) is 76.2 Å². The molecular weight excluding hydrogens is 705 g/mol. The molecule has 55 heavy (non-hydrogen) atoms. The van der Waals surface area contributed by atoms with Crippen molar-refractivity contribution < 1.29 is 32.5 Å². The van der Waals surface area contributed by atoms with Crippen molar-refractivity contribution in [3.63, 3.8) is 0 Å². The molecule has 0 rings (SSSR count). The van der Waals surface area contributed by atoms with Gasteiger partial charge in [-0.25, -0.2) is 4.57 Å². The fourth-order valence-corrected chi connectivity index (χ4v) is 8.18. The summed E-state index contributed by atoms with van der Waals surface area (Å²) in [7, 11) is 0.121. The molecule has 0 radical (unpaired) electrons. The number of likely N-dealkylation sites (N-methyl/N-ethyl adjacent to an activating group) is 1. The molecule has 1 atom stereocenters. The van der Waals surface area contributed by atoms with E-state index in [-0.39, 0.29) is 13.2 Å². The molecule has 0 fully saturated rings. The van der Waals surface area contributed by atoms with Crippen molar-refractivity contribution in [3.8, 4) is 0 Å². The second-order valence-corrected chi connectivity index (χ2v) is 19.6. The van der Waals surface area contributed by atoms with E-state index >= 15 is 0 Å². The summed E-state index contributed by atoms with van der Waals surface area (Å²) in [6.45, 7) is 13.1. The Labute approximate surface area is 344 Å². The van der Waals surface area contributed by atoms with Gasteiger partial charge in [0.15, 0.2) is 0 Å². The monoisotopic (exact) mass is 805 g/mol. The second kappa shape index (κ2) is 39.5. The van der Waals surface area contributed by atoms with Gasteiger partial charge in [-0.05, 0) is 25.7 Å². The maximum absolute atomic E-state index is 12.9. The van der Waals surface area contributed by atoms with Crippen LogP contribution in [0.2, 0.25) is 0 Å². The van der Waals surface area contributed by atoms with Crippen LogP contribution in [0, 0.1) is 5.41 Å². The van der Waals surface area contributed by atoms with Crippen molar-refractivity contribution in [1.82, 2.24) is 0 Å². The van der Waals surface area contributed by atoms with Gasteiger partial charge >= 0.3 is 7.82 Å². The van der Waals surface area contributed by atoms with Gasteiger partial charge in [0.2, 0.25) is 0 Å². The Morgan fingerprint density at radius 3 is 1.07 bits per heavy atom. The number of nitrogens with zero attached hydrogens (tertiary/aromatic N) is 1. The average Bonchev–Trinajstić information content (AvgIpc) is 3.15. The van der Waals surface area contributed by atoms with Crippen LogP contribution in [0.1, 0.15) is 233 Å². The first-order valence-electron chi connectivity index (χ1n) is 24.2. The highest BCUT2D eigenvalue weighted by Crippen LogP contribution is 2.44. The van der Waals surface area contributed by atoms with Gasteiger partial charge in [0.05, 0.1) is 40.5 Å². The maximum atomic E-state index is 12.9. The summed E-state index contributed by atoms with van der Waals surface area (Å²) in [6, 6.07) is 0. The predicted molar refractivity (Wildman–Crippen MR) is 238 cm³/mol. The zero-order valence-electron chi connectivity index (χ0n) is 38.2. The van der Waals surface area contributed by atoms with Gasteiger partial charge in [0.1, 0.15) is 13.2 Å². The summed E-state index contributed by atoms with van der Waals surface area (Å²) in [5, 5.41) is 0. The van der Waals surface area contributed by atoms with Gasteiger partial charge in [-0.3, -0.25) is 9.05 Å². The van der Waals surface area contributed by atoms with Crippen LogP contribution in [-0.2, 0) is 23.1 Å². The highest BCUT2D eigenvalue weighted by molar-refractivity contribution is 7.47. The molecule has 0 aromatic heterocycles. The average molecular weight is 805 g/mol. The second-order valence-electron chi connectivity index (χ2n) is 18.1. The highest BCUT2D eigenvalue weighted by atomic mass is 31.2. The van der Waals surface area contributed by atoms with Crippen molar-refractivity contribution >= 4 is 7.82 Å². The molecule has 0 heterocycles. The van der Waals surface area contributed by atoms with Gasteiger partial charge in [-0.15, -0.1) is 0 Å². The Hall–Kier alpha value is -0.0100. The first-order valence-corrected chi connectivity index (χ1v) is 25.7. The largest absolute Gasteiger partial charge is 0.472 e. The summed E-state index contributed by atoms with van der Waals surface area (Å²) >= 11 is 0. The molecule has 0 aromatic rings. The van der Waals surface area contributed by atoms with E-state index in [9.17, 15) is 9.46 Å². The molecular formula is C47H99NO6P+. The minimum atomic E-state index is -4.18. The van der Waals surface area contributed by atoms with E-state index in [1.165, 1.54) is 186 Å². The van der Waals surface area contributed by atoms with Crippen LogP contribution >= 0.6 is 7.82 Å². The van der Waals surface area contributed by atoms with Crippen molar-refractivity contribution in [1.29, 1.82) is 0 Å². The number of ether oxygens (including phenoxy) is 2. The Bertz CT molecular complexity index is 791. The molecule has 0 aliphatic carbocycles. The Balaban J connectivity index is 4.43. The lowest BCUT2D eigenvalue weighted by Gasteiger charge is -2.31. The molecule has 0 aromatic carbocycles. The zero-order valence-corrected chi connectivity index (χ0v) is 39.1. The minimum Gasteiger partial charge on any atom is -0.381 e. The summed E-state index contributed by atoms with van der Waals surface area (Å²) in [4.78, 5) is 10.6. The van der Waals surface area contributed by atoms with E-state index in [0.717, 1.165) is 30.3 Å². The number of phosphoric ester groups is 1. The predicted octanol–water partition coefficient (Wildman–Crippen LogP) is 14.8. The number of quaternary nitrogens is 1. The first-order chi connectivity index (χ1) is 26.6. The number of unbranched alkanes of at least 4 members (excludes halogenated alkanes) is 29.